The van der Waals surface area contributed by atoms with E-state index in [1.165, 1.54) is 0 Å². The summed E-state index contributed by atoms with van der Waals surface area (Å²) in [5.41, 5.74) is 0.218. The number of hydrogen-bond acceptors (Lipinski definition) is 3. The summed E-state index contributed by atoms with van der Waals surface area (Å²) in [5.74, 6) is 0.168. The molecule has 0 saturated carbocycles. The molecule has 2 heterocycles. The predicted octanol–water partition coefficient (Wildman–Crippen LogP) is 1.17. The summed E-state index contributed by atoms with van der Waals surface area (Å²) in [6, 6.07) is 0. The number of nitrogens with one attached hydrogen (secondary N) is 2. The van der Waals surface area contributed by atoms with Crippen LogP contribution in [0, 0.1) is 11.3 Å². The van der Waals surface area contributed by atoms with E-state index in [4.69, 9.17) is 0 Å². The number of piperidine rings is 2. The zero-order valence-electron chi connectivity index (χ0n) is 13.1. The fourth-order valence-electron chi connectivity index (χ4n) is 3.13. The Morgan fingerprint density at radius 3 is 2.62 bits per heavy atom. The average Bonchev–Trinajstić information content (AvgIpc) is 2.46. The molecule has 6 heteroatoms. The Balaban J connectivity index is 0.00000220. The quantitative estimate of drug-likeness (QED) is 0.821. The molecule has 2 saturated heterocycles. The van der Waals surface area contributed by atoms with Crippen LogP contribution in [0.4, 0.5) is 0 Å². The first-order valence-electron chi connectivity index (χ1n) is 7.74. The van der Waals surface area contributed by atoms with Crippen LogP contribution in [0.5, 0.6) is 0 Å². The molecule has 1 atom stereocenters. The van der Waals surface area contributed by atoms with Crippen LogP contribution < -0.4 is 10.6 Å². The largest absolute Gasteiger partial charge is 0.355 e. The summed E-state index contributed by atoms with van der Waals surface area (Å²) in [6.45, 7) is 8.03. The molecular formula is C15H28ClN3O2. The van der Waals surface area contributed by atoms with Crippen molar-refractivity contribution in [2.24, 2.45) is 11.3 Å². The average molecular weight is 318 g/mol. The summed E-state index contributed by atoms with van der Waals surface area (Å²) in [4.78, 5) is 25.5. The van der Waals surface area contributed by atoms with Gasteiger partial charge in [0.15, 0.2) is 0 Å². The Labute approximate surface area is 133 Å². The van der Waals surface area contributed by atoms with E-state index in [9.17, 15) is 9.59 Å². The summed E-state index contributed by atoms with van der Waals surface area (Å²) in [7, 11) is 0. The van der Waals surface area contributed by atoms with Gasteiger partial charge in [-0.15, -0.1) is 12.4 Å². The van der Waals surface area contributed by atoms with Crippen molar-refractivity contribution in [3.63, 3.8) is 0 Å². The van der Waals surface area contributed by atoms with E-state index in [0.717, 1.165) is 51.9 Å². The Morgan fingerprint density at radius 2 is 2.00 bits per heavy atom. The highest BCUT2D eigenvalue weighted by Gasteiger charge is 2.30. The number of amides is 2. The van der Waals surface area contributed by atoms with Crippen LogP contribution >= 0.6 is 12.4 Å². The lowest BCUT2D eigenvalue weighted by atomic mass is 9.81. The number of likely N-dealkylation sites (tertiary alicyclic amines) is 1. The Kier molecular flexibility index (Phi) is 6.94. The second kappa shape index (κ2) is 7.99. The van der Waals surface area contributed by atoms with Gasteiger partial charge in [-0.25, -0.2) is 0 Å². The van der Waals surface area contributed by atoms with Crippen LogP contribution in [0.25, 0.3) is 0 Å². The van der Waals surface area contributed by atoms with Crippen molar-refractivity contribution in [2.45, 2.75) is 39.5 Å². The third kappa shape index (κ3) is 5.15. The molecule has 5 nitrogen and oxygen atoms in total. The van der Waals surface area contributed by atoms with Crippen molar-refractivity contribution in [2.75, 3.05) is 32.7 Å². The van der Waals surface area contributed by atoms with Gasteiger partial charge in [0.25, 0.3) is 0 Å². The van der Waals surface area contributed by atoms with Crippen molar-refractivity contribution in [3.05, 3.63) is 0 Å². The van der Waals surface area contributed by atoms with Crippen LogP contribution in [0.1, 0.15) is 39.5 Å². The summed E-state index contributed by atoms with van der Waals surface area (Å²) in [5, 5.41) is 6.47. The summed E-state index contributed by atoms with van der Waals surface area (Å²) < 4.78 is 0. The van der Waals surface area contributed by atoms with E-state index in [2.05, 4.69) is 17.6 Å². The van der Waals surface area contributed by atoms with Gasteiger partial charge in [0, 0.05) is 26.6 Å². The van der Waals surface area contributed by atoms with Crippen LogP contribution in [0.15, 0.2) is 0 Å². The molecule has 21 heavy (non-hydrogen) atoms. The number of nitrogens with zero attached hydrogens (tertiary/aromatic N) is 1. The van der Waals surface area contributed by atoms with E-state index in [-0.39, 0.29) is 35.6 Å². The third-order valence-electron chi connectivity index (χ3n) is 4.74. The predicted molar refractivity (Wildman–Crippen MR) is 85.4 cm³/mol. The number of carbonyl (C=O) groups is 2. The maximum Gasteiger partial charge on any atom is 0.224 e. The molecule has 0 aromatic rings. The molecule has 2 rings (SSSR count). The molecule has 2 N–H and O–H groups in total. The number of rotatable bonds is 3. The monoisotopic (exact) mass is 317 g/mol. The summed E-state index contributed by atoms with van der Waals surface area (Å²) in [6.07, 6.45) is 4.04. The standard InChI is InChI=1S/C15H27N3O2.ClH/c1-12(19)18-9-3-4-13(10-18)14(20)17-11-15(2)5-7-16-8-6-15;/h13,16H,3-11H2,1-2H3,(H,17,20);1H. The highest BCUT2D eigenvalue weighted by Crippen LogP contribution is 2.27. The maximum atomic E-state index is 12.3. The lowest BCUT2D eigenvalue weighted by molar-refractivity contribution is -0.134. The van der Waals surface area contributed by atoms with Crippen molar-refractivity contribution in [1.29, 1.82) is 0 Å². The van der Waals surface area contributed by atoms with Crippen LogP contribution in [0.3, 0.4) is 0 Å². The zero-order chi connectivity index (χ0) is 14.6. The Bertz CT molecular complexity index is 370. The van der Waals surface area contributed by atoms with Gasteiger partial charge < -0.3 is 15.5 Å². The lowest BCUT2D eigenvalue weighted by Crippen LogP contribution is -2.48. The van der Waals surface area contributed by atoms with E-state index in [1.54, 1.807) is 11.8 Å². The number of carbonyl (C=O) groups excluding carboxylic acids is 2. The molecule has 0 bridgehead atoms. The van der Waals surface area contributed by atoms with Gasteiger partial charge in [0.05, 0.1) is 5.92 Å². The van der Waals surface area contributed by atoms with E-state index >= 15 is 0 Å². The molecule has 0 radical (unpaired) electrons. The minimum absolute atomic E-state index is 0. The second-order valence-electron chi connectivity index (χ2n) is 6.58. The minimum atomic E-state index is -0.0297. The van der Waals surface area contributed by atoms with Gasteiger partial charge in [-0.1, -0.05) is 6.92 Å². The number of halogens is 1. The highest BCUT2D eigenvalue weighted by atomic mass is 35.5. The smallest absolute Gasteiger partial charge is 0.224 e. The topological polar surface area (TPSA) is 61.4 Å². The van der Waals surface area contributed by atoms with E-state index in [1.807, 2.05) is 0 Å². The van der Waals surface area contributed by atoms with Crippen LogP contribution in [-0.2, 0) is 9.59 Å². The van der Waals surface area contributed by atoms with Gasteiger partial charge in [-0.2, -0.15) is 0 Å². The fourth-order valence-corrected chi connectivity index (χ4v) is 3.13. The van der Waals surface area contributed by atoms with Gasteiger partial charge >= 0.3 is 0 Å². The van der Waals surface area contributed by atoms with Crippen molar-refractivity contribution < 1.29 is 9.59 Å². The minimum Gasteiger partial charge on any atom is -0.355 e. The molecule has 0 spiro atoms. The van der Waals surface area contributed by atoms with Crippen molar-refractivity contribution >= 4 is 24.2 Å². The van der Waals surface area contributed by atoms with Gasteiger partial charge in [-0.3, -0.25) is 9.59 Å². The van der Waals surface area contributed by atoms with Gasteiger partial charge in [-0.05, 0) is 44.2 Å². The molecular weight excluding hydrogens is 290 g/mol. The third-order valence-corrected chi connectivity index (χ3v) is 4.74. The second-order valence-corrected chi connectivity index (χ2v) is 6.58. The van der Waals surface area contributed by atoms with Crippen LogP contribution in [-0.4, -0.2) is 49.4 Å². The van der Waals surface area contributed by atoms with Crippen molar-refractivity contribution in [3.8, 4) is 0 Å². The molecule has 0 aromatic carbocycles. The van der Waals surface area contributed by atoms with Gasteiger partial charge in [0.1, 0.15) is 0 Å². The Morgan fingerprint density at radius 1 is 1.33 bits per heavy atom. The van der Waals surface area contributed by atoms with Crippen molar-refractivity contribution in [1.82, 2.24) is 15.5 Å². The molecule has 0 aliphatic carbocycles. The van der Waals surface area contributed by atoms with Crippen LogP contribution in [0.2, 0.25) is 0 Å². The first-order chi connectivity index (χ1) is 9.50. The first kappa shape index (κ1) is 18.2. The molecule has 2 aliphatic heterocycles. The summed E-state index contributed by atoms with van der Waals surface area (Å²) >= 11 is 0. The molecule has 2 fully saturated rings. The highest BCUT2D eigenvalue weighted by molar-refractivity contribution is 5.85. The number of hydrogen-bond donors (Lipinski definition) is 2. The molecule has 122 valence electrons. The Hall–Kier alpha value is -0.810. The maximum absolute atomic E-state index is 12.3. The van der Waals surface area contributed by atoms with Gasteiger partial charge in [0.2, 0.25) is 11.8 Å². The molecule has 2 amide bonds. The SMILES string of the molecule is CC(=O)N1CCCC(C(=O)NCC2(C)CCNCC2)C1.Cl. The lowest BCUT2D eigenvalue weighted by Gasteiger charge is -2.36. The molecule has 2 aliphatic rings. The van der Waals surface area contributed by atoms with E-state index in [0.29, 0.717) is 6.54 Å². The fraction of sp³-hybridized carbons (Fsp3) is 0.867. The molecule has 1 unspecified atom stereocenters. The first-order valence-corrected chi connectivity index (χ1v) is 7.74. The van der Waals surface area contributed by atoms with E-state index < -0.39 is 0 Å². The zero-order valence-corrected chi connectivity index (χ0v) is 13.9. The molecule has 0 aromatic heterocycles. The normalized spacial score (nSPS) is 24.9.